The molecule has 6 nitrogen and oxygen atoms in total. The van der Waals surface area contributed by atoms with Crippen LogP contribution in [-0.2, 0) is 6.42 Å². The summed E-state index contributed by atoms with van der Waals surface area (Å²) in [6.07, 6.45) is 2.59. The largest absolute Gasteiger partial charge is 0.477 e. The van der Waals surface area contributed by atoms with Crippen LogP contribution in [0.4, 0.5) is 4.39 Å². The Kier molecular flexibility index (Phi) is 3.96. The van der Waals surface area contributed by atoms with Crippen LogP contribution < -0.4 is 4.74 Å². The van der Waals surface area contributed by atoms with E-state index in [0.29, 0.717) is 24.1 Å². The van der Waals surface area contributed by atoms with Crippen molar-refractivity contribution in [2.45, 2.75) is 45.1 Å². The Morgan fingerprint density at radius 3 is 2.79 bits per heavy atom. The van der Waals surface area contributed by atoms with Gasteiger partial charge in [0.1, 0.15) is 5.82 Å². The molecule has 24 heavy (non-hydrogen) atoms. The number of hydrogen-bond donors (Lipinski definition) is 0. The van der Waals surface area contributed by atoms with Crippen LogP contribution in [0.1, 0.15) is 54.8 Å². The summed E-state index contributed by atoms with van der Waals surface area (Å²) < 4.78 is 25.4. The van der Waals surface area contributed by atoms with Crippen molar-refractivity contribution in [3.63, 3.8) is 0 Å². The number of halogens is 1. The molecule has 1 atom stereocenters. The molecule has 1 saturated heterocycles. The molecule has 0 bridgehead atoms. The predicted molar refractivity (Wildman–Crippen MR) is 84.4 cm³/mol. The lowest BCUT2D eigenvalue weighted by molar-refractivity contribution is 0.148. The second-order valence-electron chi connectivity index (χ2n) is 6.56. The molecule has 2 aliphatic rings. The third kappa shape index (κ3) is 2.77. The molecule has 0 radical (unpaired) electrons. The lowest BCUT2D eigenvalue weighted by atomic mass is 9.95. The fraction of sp³-hybridized carbons (Fsp3) is 0.588. The van der Waals surface area contributed by atoms with Gasteiger partial charge in [-0.15, -0.1) is 10.2 Å². The highest BCUT2D eigenvalue weighted by molar-refractivity contribution is 5.33. The molecule has 0 spiro atoms. The molecule has 7 heteroatoms. The zero-order valence-electron chi connectivity index (χ0n) is 14.0. The number of hydrogen-bond acceptors (Lipinski definition) is 6. The molecule has 0 unspecified atom stereocenters. The van der Waals surface area contributed by atoms with E-state index in [2.05, 4.69) is 20.1 Å². The SMILES string of the molecule is Cc1nnc(C2CCN([C@@H](C)c3nc4c(cc3F)CCO4)CC2)o1. The predicted octanol–water partition coefficient (Wildman–Crippen LogP) is 2.79. The van der Waals surface area contributed by atoms with Gasteiger partial charge < -0.3 is 9.15 Å². The molecule has 0 aromatic carbocycles. The second kappa shape index (κ2) is 6.12. The van der Waals surface area contributed by atoms with Crippen molar-refractivity contribution in [3.05, 3.63) is 34.9 Å². The summed E-state index contributed by atoms with van der Waals surface area (Å²) in [6.45, 7) is 6.11. The molecule has 4 rings (SSSR count). The molecule has 0 amide bonds. The lowest BCUT2D eigenvalue weighted by Crippen LogP contribution is -2.35. The lowest BCUT2D eigenvalue weighted by Gasteiger charge is -2.34. The molecule has 0 aliphatic carbocycles. The molecular formula is C17H21FN4O2. The standard InChI is InChI=1S/C17H21FN4O2/c1-10(15-14(18)9-13-5-8-23-16(13)19-15)22-6-3-12(4-7-22)17-21-20-11(2)24-17/h9-10,12H,3-8H2,1-2H3/t10-/m0/s1. The normalized spacial score (nSPS) is 20.0. The maximum absolute atomic E-state index is 14.4. The van der Waals surface area contributed by atoms with Gasteiger partial charge in [0.15, 0.2) is 0 Å². The van der Waals surface area contributed by atoms with Crippen LogP contribution >= 0.6 is 0 Å². The van der Waals surface area contributed by atoms with Crippen molar-refractivity contribution in [1.29, 1.82) is 0 Å². The third-order valence-corrected chi connectivity index (χ3v) is 5.02. The van der Waals surface area contributed by atoms with Crippen molar-refractivity contribution < 1.29 is 13.5 Å². The molecule has 0 N–H and O–H groups in total. The highest BCUT2D eigenvalue weighted by atomic mass is 19.1. The first-order valence-electron chi connectivity index (χ1n) is 8.48. The number of likely N-dealkylation sites (tertiary alicyclic amines) is 1. The van der Waals surface area contributed by atoms with E-state index >= 15 is 0 Å². The van der Waals surface area contributed by atoms with Gasteiger partial charge in [-0.25, -0.2) is 9.37 Å². The molecule has 128 valence electrons. The summed E-state index contributed by atoms with van der Waals surface area (Å²) in [7, 11) is 0. The van der Waals surface area contributed by atoms with Crippen LogP contribution in [0, 0.1) is 12.7 Å². The molecule has 0 saturated carbocycles. The van der Waals surface area contributed by atoms with Crippen LogP contribution in [0.15, 0.2) is 10.5 Å². The number of nitrogens with zero attached hydrogens (tertiary/aromatic N) is 4. The van der Waals surface area contributed by atoms with E-state index in [1.807, 2.05) is 6.92 Å². The molecule has 2 aromatic rings. The van der Waals surface area contributed by atoms with Gasteiger partial charge in [0.05, 0.1) is 18.3 Å². The van der Waals surface area contributed by atoms with E-state index in [4.69, 9.17) is 9.15 Å². The number of aromatic nitrogens is 3. The van der Waals surface area contributed by atoms with Crippen molar-refractivity contribution >= 4 is 0 Å². The van der Waals surface area contributed by atoms with Crippen LogP contribution in [0.25, 0.3) is 0 Å². The summed E-state index contributed by atoms with van der Waals surface area (Å²) in [4.78, 5) is 6.69. The number of ether oxygens (including phenoxy) is 1. The fourth-order valence-corrected chi connectivity index (χ4v) is 3.56. The molecule has 4 heterocycles. The number of pyridine rings is 1. The number of piperidine rings is 1. The van der Waals surface area contributed by atoms with E-state index in [-0.39, 0.29) is 17.8 Å². The minimum absolute atomic E-state index is 0.0788. The zero-order valence-corrected chi connectivity index (χ0v) is 14.0. The Labute approximate surface area is 140 Å². The number of aryl methyl sites for hydroxylation is 1. The molecule has 2 aromatic heterocycles. The zero-order chi connectivity index (χ0) is 16.7. The fourth-order valence-electron chi connectivity index (χ4n) is 3.56. The Bertz CT molecular complexity index is 740. The molecular weight excluding hydrogens is 311 g/mol. The van der Waals surface area contributed by atoms with Gasteiger partial charge in [0.25, 0.3) is 0 Å². The van der Waals surface area contributed by atoms with E-state index in [1.165, 1.54) is 0 Å². The highest BCUT2D eigenvalue weighted by Crippen LogP contribution is 2.33. The summed E-state index contributed by atoms with van der Waals surface area (Å²) in [5.74, 6) is 1.96. The van der Waals surface area contributed by atoms with Crippen LogP contribution in [0.3, 0.4) is 0 Å². The van der Waals surface area contributed by atoms with Gasteiger partial charge in [-0.05, 0) is 38.9 Å². The smallest absolute Gasteiger partial charge is 0.219 e. The van der Waals surface area contributed by atoms with Gasteiger partial charge in [0, 0.05) is 24.8 Å². The topological polar surface area (TPSA) is 64.3 Å². The van der Waals surface area contributed by atoms with Crippen LogP contribution in [-0.4, -0.2) is 39.8 Å². The first kappa shape index (κ1) is 15.5. The van der Waals surface area contributed by atoms with Crippen molar-refractivity contribution in [3.8, 4) is 5.88 Å². The minimum atomic E-state index is -0.235. The monoisotopic (exact) mass is 332 g/mol. The average Bonchev–Trinajstić information content (AvgIpc) is 3.22. The van der Waals surface area contributed by atoms with Crippen molar-refractivity contribution in [2.24, 2.45) is 0 Å². The third-order valence-electron chi connectivity index (χ3n) is 5.02. The number of fused-ring (bicyclic) bond motifs is 1. The number of rotatable bonds is 3. The summed E-state index contributed by atoms with van der Waals surface area (Å²) in [5.41, 5.74) is 1.34. The second-order valence-corrected chi connectivity index (χ2v) is 6.56. The van der Waals surface area contributed by atoms with Crippen molar-refractivity contribution in [1.82, 2.24) is 20.1 Å². The average molecular weight is 332 g/mol. The van der Waals surface area contributed by atoms with Gasteiger partial charge in [-0.2, -0.15) is 0 Å². The van der Waals surface area contributed by atoms with Gasteiger partial charge >= 0.3 is 0 Å². The van der Waals surface area contributed by atoms with Gasteiger partial charge in [0.2, 0.25) is 17.7 Å². The summed E-state index contributed by atoms with van der Waals surface area (Å²) >= 11 is 0. The van der Waals surface area contributed by atoms with E-state index in [9.17, 15) is 4.39 Å². The van der Waals surface area contributed by atoms with E-state index < -0.39 is 0 Å². The summed E-state index contributed by atoms with van der Waals surface area (Å²) in [5, 5.41) is 8.03. The maximum Gasteiger partial charge on any atom is 0.219 e. The molecule has 1 fully saturated rings. The van der Waals surface area contributed by atoms with Crippen LogP contribution in [0.5, 0.6) is 5.88 Å². The first-order chi connectivity index (χ1) is 11.6. The quantitative estimate of drug-likeness (QED) is 0.861. The van der Waals surface area contributed by atoms with Crippen LogP contribution in [0.2, 0.25) is 0 Å². The first-order valence-corrected chi connectivity index (χ1v) is 8.48. The minimum Gasteiger partial charge on any atom is -0.477 e. The Morgan fingerprint density at radius 2 is 2.08 bits per heavy atom. The van der Waals surface area contributed by atoms with Gasteiger partial charge in [-0.3, -0.25) is 4.90 Å². The molecule has 2 aliphatic heterocycles. The maximum atomic E-state index is 14.4. The highest BCUT2D eigenvalue weighted by Gasteiger charge is 2.30. The van der Waals surface area contributed by atoms with Gasteiger partial charge in [-0.1, -0.05) is 0 Å². The van der Waals surface area contributed by atoms with E-state index in [1.54, 1.807) is 13.0 Å². The Balaban J connectivity index is 1.46. The Hall–Kier alpha value is -2.02. The Morgan fingerprint density at radius 1 is 1.29 bits per heavy atom. The van der Waals surface area contributed by atoms with E-state index in [0.717, 1.165) is 43.8 Å². The van der Waals surface area contributed by atoms with Crippen molar-refractivity contribution in [2.75, 3.05) is 19.7 Å². The summed E-state index contributed by atoms with van der Waals surface area (Å²) in [6, 6.07) is 1.50.